The molecule has 0 saturated heterocycles. The molecule has 0 heterocycles. The Bertz CT molecular complexity index is 1030. The lowest BCUT2D eigenvalue weighted by molar-refractivity contribution is 0.617. The van der Waals surface area contributed by atoms with Crippen molar-refractivity contribution in [1.82, 2.24) is 0 Å². The van der Waals surface area contributed by atoms with Crippen LogP contribution in [0.4, 0.5) is 8.78 Å². The average Bonchev–Trinajstić information content (AvgIpc) is 2.84. The van der Waals surface area contributed by atoms with Gasteiger partial charge in [0.25, 0.3) is 0 Å². The zero-order chi connectivity index (χ0) is 19.0. The van der Waals surface area contributed by atoms with Crippen LogP contribution in [0.2, 0.25) is 0 Å². The molecule has 0 fully saturated rings. The first-order valence-corrected chi connectivity index (χ1v) is 9.39. The van der Waals surface area contributed by atoms with E-state index in [9.17, 15) is 8.78 Å². The molecule has 1 aliphatic carbocycles. The van der Waals surface area contributed by atoms with Crippen molar-refractivity contribution >= 4 is 11.1 Å². The summed E-state index contributed by atoms with van der Waals surface area (Å²) in [7, 11) is 0. The monoisotopic (exact) mass is 360 g/mol. The van der Waals surface area contributed by atoms with Gasteiger partial charge in [-0.25, -0.2) is 8.78 Å². The van der Waals surface area contributed by atoms with Crippen molar-refractivity contribution in [3.63, 3.8) is 0 Å². The number of fused-ring (bicyclic) bond motifs is 1. The normalized spacial score (nSPS) is 14.1. The molecule has 3 aromatic carbocycles. The Morgan fingerprint density at radius 3 is 2.33 bits per heavy atom. The molecule has 27 heavy (non-hydrogen) atoms. The molecule has 0 N–H and O–H groups in total. The molecule has 0 aromatic heterocycles. The summed E-state index contributed by atoms with van der Waals surface area (Å²) in [5, 5.41) is 0. The summed E-state index contributed by atoms with van der Waals surface area (Å²) >= 11 is 0. The van der Waals surface area contributed by atoms with E-state index in [1.807, 2.05) is 19.1 Å². The van der Waals surface area contributed by atoms with E-state index in [1.54, 1.807) is 12.1 Å². The summed E-state index contributed by atoms with van der Waals surface area (Å²) in [6.45, 7) is 3.90. The van der Waals surface area contributed by atoms with Crippen molar-refractivity contribution < 1.29 is 8.78 Å². The third-order valence-electron chi connectivity index (χ3n) is 5.44. The molecule has 1 aliphatic rings. The van der Waals surface area contributed by atoms with Gasteiger partial charge in [0.2, 0.25) is 0 Å². The lowest BCUT2D eigenvalue weighted by Gasteiger charge is -2.18. The van der Waals surface area contributed by atoms with Gasteiger partial charge in [-0.3, -0.25) is 0 Å². The topological polar surface area (TPSA) is 0 Å². The van der Waals surface area contributed by atoms with E-state index in [1.165, 1.54) is 17.7 Å². The number of rotatable bonds is 2. The van der Waals surface area contributed by atoms with Crippen LogP contribution in [0.1, 0.15) is 46.2 Å². The molecule has 136 valence electrons. The molecule has 0 unspecified atom stereocenters. The highest BCUT2D eigenvalue weighted by molar-refractivity contribution is 6.00. The Hall–Kier alpha value is -2.74. The van der Waals surface area contributed by atoms with Gasteiger partial charge >= 0.3 is 0 Å². The van der Waals surface area contributed by atoms with Gasteiger partial charge in [0.15, 0.2) is 0 Å². The van der Waals surface area contributed by atoms with Gasteiger partial charge in [0.1, 0.15) is 11.6 Å². The van der Waals surface area contributed by atoms with E-state index in [0.717, 1.165) is 52.7 Å². The number of allylic oxidation sites excluding steroid dienone is 1. The minimum Gasteiger partial charge on any atom is -0.207 e. The Kier molecular flexibility index (Phi) is 4.65. The van der Waals surface area contributed by atoms with Crippen LogP contribution < -0.4 is 0 Å². The van der Waals surface area contributed by atoms with Crippen molar-refractivity contribution in [2.75, 3.05) is 0 Å². The van der Waals surface area contributed by atoms with Crippen LogP contribution in [0.5, 0.6) is 0 Å². The highest BCUT2D eigenvalue weighted by Gasteiger charge is 2.22. The lowest BCUT2D eigenvalue weighted by atomic mass is 9.86. The maximum atomic E-state index is 14.3. The quantitative estimate of drug-likeness (QED) is 0.467. The summed E-state index contributed by atoms with van der Waals surface area (Å²) < 4.78 is 28.2. The van der Waals surface area contributed by atoms with Gasteiger partial charge < -0.3 is 0 Å². The van der Waals surface area contributed by atoms with Crippen molar-refractivity contribution in [2.45, 2.75) is 33.1 Å². The molecule has 0 saturated carbocycles. The number of hydrogen-bond acceptors (Lipinski definition) is 0. The van der Waals surface area contributed by atoms with Crippen LogP contribution in [-0.4, -0.2) is 0 Å². The standard InChI is InChI=1S/C25H22F2/c1-16-9-11-18(12-10-16)25-22-14-13-20(26)15-19(22)5-3-7-23(25)21-6-4-8-24(27)17(21)2/h4,6,8-15H,3,5,7H2,1-2H3. The highest BCUT2D eigenvalue weighted by atomic mass is 19.1. The van der Waals surface area contributed by atoms with Crippen LogP contribution in [0.15, 0.2) is 60.7 Å². The molecule has 0 amide bonds. The number of hydrogen-bond donors (Lipinski definition) is 0. The van der Waals surface area contributed by atoms with E-state index in [-0.39, 0.29) is 11.6 Å². The molecular weight excluding hydrogens is 338 g/mol. The maximum Gasteiger partial charge on any atom is 0.126 e. The molecule has 4 rings (SSSR count). The Balaban J connectivity index is 2.05. The maximum absolute atomic E-state index is 14.3. The molecule has 0 radical (unpaired) electrons. The van der Waals surface area contributed by atoms with Crippen LogP contribution in [-0.2, 0) is 6.42 Å². The fraction of sp³-hybridized carbons (Fsp3) is 0.200. The van der Waals surface area contributed by atoms with Crippen LogP contribution in [0, 0.1) is 25.5 Å². The van der Waals surface area contributed by atoms with Crippen molar-refractivity contribution in [1.29, 1.82) is 0 Å². The predicted molar refractivity (Wildman–Crippen MR) is 108 cm³/mol. The molecule has 0 spiro atoms. The summed E-state index contributed by atoms with van der Waals surface area (Å²) in [5.41, 5.74) is 8.21. The summed E-state index contributed by atoms with van der Waals surface area (Å²) in [4.78, 5) is 0. The van der Waals surface area contributed by atoms with E-state index in [4.69, 9.17) is 0 Å². The van der Waals surface area contributed by atoms with E-state index >= 15 is 0 Å². The van der Waals surface area contributed by atoms with Crippen LogP contribution >= 0.6 is 0 Å². The van der Waals surface area contributed by atoms with Gasteiger partial charge in [-0.05, 0) is 90.3 Å². The third kappa shape index (κ3) is 3.32. The fourth-order valence-corrected chi connectivity index (χ4v) is 4.01. The Morgan fingerprint density at radius 2 is 1.56 bits per heavy atom. The minimum absolute atomic E-state index is 0.188. The Labute approximate surface area is 159 Å². The molecule has 2 heteroatoms. The van der Waals surface area contributed by atoms with Crippen molar-refractivity contribution in [2.24, 2.45) is 0 Å². The van der Waals surface area contributed by atoms with E-state index < -0.39 is 0 Å². The predicted octanol–water partition coefficient (Wildman–Crippen LogP) is 6.88. The van der Waals surface area contributed by atoms with E-state index in [2.05, 4.69) is 31.2 Å². The molecule has 0 bridgehead atoms. The largest absolute Gasteiger partial charge is 0.207 e. The zero-order valence-electron chi connectivity index (χ0n) is 15.7. The van der Waals surface area contributed by atoms with E-state index in [0.29, 0.717) is 5.56 Å². The van der Waals surface area contributed by atoms with Gasteiger partial charge in [0, 0.05) is 0 Å². The summed E-state index contributed by atoms with van der Waals surface area (Å²) in [5.74, 6) is -0.394. The minimum atomic E-state index is -0.206. The number of halogens is 2. The Morgan fingerprint density at radius 1 is 0.778 bits per heavy atom. The van der Waals surface area contributed by atoms with Crippen molar-refractivity contribution in [3.05, 3.63) is 106 Å². The van der Waals surface area contributed by atoms with Gasteiger partial charge in [-0.15, -0.1) is 0 Å². The van der Waals surface area contributed by atoms with Crippen molar-refractivity contribution in [3.8, 4) is 0 Å². The SMILES string of the molecule is Cc1ccc(C2=C(c3cccc(F)c3C)CCCc3cc(F)ccc32)cc1. The average molecular weight is 360 g/mol. The fourth-order valence-electron chi connectivity index (χ4n) is 4.01. The second-order valence-electron chi connectivity index (χ2n) is 7.29. The third-order valence-corrected chi connectivity index (χ3v) is 5.44. The molecule has 0 nitrogen and oxygen atoms in total. The first-order chi connectivity index (χ1) is 13.0. The van der Waals surface area contributed by atoms with Gasteiger partial charge in [-0.1, -0.05) is 48.0 Å². The second kappa shape index (κ2) is 7.11. The second-order valence-corrected chi connectivity index (χ2v) is 7.29. The smallest absolute Gasteiger partial charge is 0.126 e. The lowest BCUT2D eigenvalue weighted by Crippen LogP contribution is -1.99. The number of benzene rings is 3. The zero-order valence-corrected chi connectivity index (χ0v) is 15.7. The first-order valence-electron chi connectivity index (χ1n) is 9.39. The van der Waals surface area contributed by atoms with Crippen LogP contribution in [0.25, 0.3) is 11.1 Å². The molecule has 3 aromatic rings. The highest BCUT2D eigenvalue weighted by Crippen LogP contribution is 2.41. The molecule has 0 atom stereocenters. The molecule has 0 aliphatic heterocycles. The summed E-state index contributed by atoms with van der Waals surface area (Å²) in [6.07, 6.45) is 2.57. The van der Waals surface area contributed by atoms with Gasteiger partial charge in [0.05, 0.1) is 0 Å². The van der Waals surface area contributed by atoms with Crippen LogP contribution in [0.3, 0.4) is 0 Å². The molecular formula is C25H22F2. The first kappa shape index (κ1) is 17.7. The summed E-state index contributed by atoms with van der Waals surface area (Å²) in [6, 6.07) is 18.7. The number of aryl methyl sites for hydroxylation is 2. The van der Waals surface area contributed by atoms with Gasteiger partial charge in [-0.2, -0.15) is 0 Å².